The van der Waals surface area contributed by atoms with E-state index in [-0.39, 0.29) is 5.75 Å². The predicted octanol–water partition coefficient (Wildman–Crippen LogP) is 2.77. The minimum Gasteiger partial charge on any atom is -0.489 e. The number of rotatable bonds is 5. The van der Waals surface area contributed by atoms with Crippen molar-refractivity contribution in [2.75, 3.05) is 13.2 Å². The first kappa shape index (κ1) is 11.7. The zero-order chi connectivity index (χ0) is 11.5. The summed E-state index contributed by atoms with van der Waals surface area (Å²) in [5.41, 5.74) is 6.22. The van der Waals surface area contributed by atoms with Gasteiger partial charge in [-0.2, -0.15) is 0 Å². The highest BCUT2D eigenvalue weighted by molar-refractivity contribution is 6.32. The topological polar surface area (TPSA) is 35.2 Å². The first-order valence-electron chi connectivity index (χ1n) is 5.51. The van der Waals surface area contributed by atoms with Gasteiger partial charge >= 0.3 is 0 Å². The van der Waals surface area contributed by atoms with E-state index in [2.05, 4.69) is 0 Å². The lowest BCUT2D eigenvalue weighted by atomic mass is 10.1. The van der Waals surface area contributed by atoms with Crippen LogP contribution in [-0.4, -0.2) is 13.2 Å². The van der Waals surface area contributed by atoms with Crippen LogP contribution in [0.25, 0.3) is 0 Å². The summed E-state index contributed by atoms with van der Waals surface area (Å²) in [6, 6.07) is 3.17. The van der Waals surface area contributed by atoms with Gasteiger partial charge in [-0.25, -0.2) is 4.39 Å². The predicted molar refractivity (Wildman–Crippen MR) is 62.4 cm³/mol. The Morgan fingerprint density at radius 3 is 2.75 bits per heavy atom. The van der Waals surface area contributed by atoms with Crippen molar-refractivity contribution < 1.29 is 9.13 Å². The van der Waals surface area contributed by atoms with Gasteiger partial charge in [0.2, 0.25) is 0 Å². The largest absolute Gasteiger partial charge is 0.489 e. The third-order valence-electron chi connectivity index (χ3n) is 2.65. The van der Waals surface area contributed by atoms with Gasteiger partial charge in [-0.15, -0.1) is 0 Å². The normalized spacial score (nSPS) is 15.2. The van der Waals surface area contributed by atoms with Gasteiger partial charge in [0.25, 0.3) is 0 Å². The van der Waals surface area contributed by atoms with E-state index in [1.165, 1.54) is 18.9 Å². The van der Waals surface area contributed by atoms with Crippen LogP contribution in [0.4, 0.5) is 4.39 Å². The Bertz CT molecular complexity index is 356. The standard InChI is InChI=1S/C12H15ClFNO/c13-10-5-9(3-4-15)6-11(14)12(10)16-7-8-1-2-8/h5-6,8H,1-4,7,15H2. The second kappa shape index (κ2) is 5.02. The summed E-state index contributed by atoms with van der Waals surface area (Å²) in [4.78, 5) is 0. The third-order valence-corrected chi connectivity index (χ3v) is 2.93. The van der Waals surface area contributed by atoms with Crippen LogP contribution in [0.5, 0.6) is 5.75 Å². The molecular formula is C12H15ClFNO. The molecule has 0 bridgehead atoms. The zero-order valence-electron chi connectivity index (χ0n) is 9.01. The summed E-state index contributed by atoms with van der Waals surface area (Å²) < 4.78 is 19.0. The van der Waals surface area contributed by atoms with Crippen molar-refractivity contribution in [3.8, 4) is 5.75 Å². The molecule has 0 spiro atoms. The van der Waals surface area contributed by atoms with Crippen LogP contribution in [0.2, 0.25) is 5.02 Å². The van der Waals surface area contributed by atoms with Crippen LogP contribution >= 0.6 is 11.6 Å². The molecule has 0 aromatic heterocycles. The third kappa shape index (κ3) is 2.86. The second-order valence-electron chi connectivity index (χ2n) is 4.18. The van der Waals surface area contributed by atoms with Crippen LogP contribution in [0, 0.1) is 11.7 Å². The number of hydrogen-bond donors (Lipinski definition) is 1. The Labute approximate surface area is 99.5 Å². The van der Waals surface area contributed by atoms with Crippen LogP contribution in [-0.2, 0) is 6.42 Å². The molecule has 1 aromatic rings. The summed E-state index contributed by atoms with van der Waals surface area (Å²) in [7, 11) is 0. The molecule has 2 nitrogen and oxygen atoms in total. The second-order valence-corrected chi connectivity index (χ2v) is 4.59. The van der Waals surface area contributed by atoms with Gasteiger partial charge < -0.3 is 10.5 Å². The van der Waals surface area contributed by atoms with E-state index < -0.39 is 5.82 Å². The van der Waals surface area contributed by atoms with Crippen molar-refractivity contribution in [1.29, 1.82) is 0 Å². The van der Waals surface area contributed by atoms with Gasteiger partial charge in [0.15, 0.2) is 11.6 Å². The SMILES string of the molecule is NCCc1cc(F)c(OCC2CC2)c(Cl)c1. The van der Waals surface area contributed by atoms with Crippen molar-refractivity contribution in [2.24, 2.45) is 11.7 Å². The molecule has 1 saturated carbocycles. The monoisotopic (exact) mass is 243 g/mol. The van der Waals surface area contributed by atoms with Crippen molar-refractivity contribution >= 4 is 11.6 Å². The number of benzene rings is 1. The molecule has 2 rings (SSSR count). The lowest BCUT2D eigenvalue weighted by Gasteiger charge is -2.10. The molecule has 0 heterocycles. The van der Waals surface area contributed by atoms with Crippen molar-refractivity contribution in [3.63, 3.8) is 0 Å². The Kier molecular flexibility index (Phi) is 3.66. The fourth-order valence-electron chi connectivity index (χ4n) is 1.55. The molecule has 0 radical (unpaired) electrons. The molecular weight excluding hydrogens is 229 g/mol. The molecule has 4 heteroatoms. The van der Waals surface area contributed by atoms with Crippen LogP contribution < -0.4 is 10.5 Å². The summed E-state index contributed by atoms with van der Waals surface area (Å²) in [5, 5.41) is 0.337. The quantitative estimate of drug-likeness (QED) is 0.863. The lowest BCUT2D eigenvalue weighted by Crippen LogP contribution is -2.05. The average molecular weight is 244 g/mol. The number of nitrogens with two attached hydrogens (primary N) is 1. The molecule has 88 valence electrons. The highest BCUT2D eigenvalue weighted by Gasteiger charge is 2.23. The van der Waals surface area contributed by atoms with Crippen molar-refractivity contribution in [2.45, 2.75) is 19.3 Å². The lowest BCUT2D eigenvalue weighted by molar-refractivity contribution is 0.285. The van der Waals surface area contributed by atoms with E-state index in [1.807, 2.05) is 0 Å². The van der Waals surface area contributed by atoms with E-state index in [0.717, 1.165) is 5.56 Å². The van der Waals surface area contributed by atoms with E-state index >= 15 is 0 Å². The first-order valence-corrected chi connectivity index (χ1v) is 5.89. The zero-order valence-corrected chi connectivity index (χ0v) is 9.77. The summed E-state index contributed by atoms with van der Waals surface area (Å²) in [5.74, 6) is 0.366. The molecule has 0 unspecified atom stereocenters. The van der Waals surface area contributed by atoms with Gasteiger partial charge in [-0.1, -0.05) is 11.6 Å². The van der Waals surface area contributed by atoms with Crippen LogP contribution in [0.1, 0.15) is 18.4 Å². The first-order chi connectivity index (χ1) is 7.70. The molecule has 1 aromatic carbocycles. The van der Waals surface area contributed by atoms with E-state index in [0.29, 0.717) is 30.5 Å². The fourth-order valence-corrected chi connectivity index (χ4v) is 1.83. The molecule has 1 fully saturated rings. The molecule has 0 amide bonds. The van der Waals surface area contributed by atoms with Crippen molar-refractivity contribution in [1.82, 2.24) is 0 Å². The van der Waals surface area contributed by atoms with E-state index in [4.69, 9.17) is 22.1 Å². The number of hydrogen-bond acceptors (Lipinski definition) is 2. The number of ether oxygens (including phenoxy) is 1. The average Bonchev–Trinajstić information content (AvgIpc) is 3.00. The van der Waals surface area contributed by atoms with E-state index in [1.54, 1.807) is 6.07 Å². The summed E-state index contributed by atoms with van der Waals surface area (Å²) in [6.07, 6.45) is 2.97. The Morgan fingerprint density at radius 2 is 2.19 bits per heavy atom. The molecule has 16 heavy (non-hydrogen) atoms. The van der Waals surface area contributed by atoms with Crippen LogP contribution in [0.3, 0.4) is 0 Å². The Morgan fingerprint density at radius 1 is 1.44 bits per heavy atom. The molecule has 0 atom stereocenters. The van der Waals surface area contributed by atoms with Gasteiger partial charge in [-0.05, 0) is 49.4 Å². The highest BCUT2D eigenvalue weighted by Crippen LogP contribution is 2.33. The number of halogens is 2. The van der Waals surface area contributed by atoms with Gasteiger partial charge in [0.1, 0.15) is 0 Å². The maximum atomic E-state index is 13.7. The molecule has 2 N–H and O–H groups in total. The van der Waals surface area contributed by atoms with Crippen molar-refractivity contribution in [3.05, 3.63) is 28.5 Å². The van der Waals surface area contributed by atoms with E-state index in [9.17, 15) is 4.39 Å². The highest BCUT2D eigenvalue weighted by atomic mass is 35.5. The maximum Gasteiger partial charge on any atom is 0.173 e. The summed E-state index contributed by atoms with van der Waals surface area (Å²) in [6.45, 7) is 1.05. The molecule has 0 saturated heterocycles. The molecule has 1 aliphatic carbocycles. The van der Waals surface area contributed by atoms with Gasteiger partial charge in [0.05, 0.1) is 11.6 Å². The minimum atomic E-state index is -0.392. The van der Waals surface area contributed by atoms with Crippen LogP contribution in [0.15, 0.2) is 12.1 Å². The molecule has 1 aliphatic rings. The van der Waals surface area contributed by atoms with Gasteiger partial charge in [0, 0.05) is 0 Å². The Balaban J connectivity index is 2.10. The van der Waals surface area contributed by atoms with Gasteiger partial charge in [-0.3, -0.25) is 0 Å². The fraction of sp³-hybridized carbons (Fsp3) is 0.500. The summed E-state index contributed by atoms with van der Waals surface area (Å²) >= 11 is 5.97. The maximum absolute atomic E-state index is 13.7. The Hall–Kier alpha value is -0.800. The smallest absolute Gasteiger partial charge is 0.173 e. The minimum absolute atomic E-state index is 0.175. The molecule has 0 aliphatic heterocycles.